The van der Waals surface area contributed by atoms with E-state index in [0.29, 0.717) is 11.9 Å². The normalized spacial score (nSPS) is 48.6. The van der Waals surface area contributed by atoms with Gasteiger partial charge in [0, 0.05) is 0 Å². The van der Waals surface area contributed by atoms with Crippen LogP contribution in [0.15, 0.2) is 0 Å². The van der Waals surface area contributed by atoms with Crippen LogP contribution >= 0.6 is 28.5 Å². The van der Waals surface area contributed by atoms with Crippen LogP contribution in [-0.2, 0) is 4.52 Å². The Morgan fingerprint density at radius 2 is 1.92 bits per heavy atom. The molecule has 0 amide bonds. The smallest absolute Gasteiger partial charge is 0.0793 e. The van der Waals surface area contributed by atoms with Crippen LogP contribution in [0.1, 0.15) is 78.6 Å². The Morgan fingerprint density at radius 1 is 1.12 bits per heavy atom. The Kier molecular flexibility index (Phi) is 6.60. The maximum atomic E-state index is 10.6. The summed E-state index contributed by atoms with van der Waals surface area (Å²) in [6.07, 6.45) is 11.5. The molecule has 2 nitrogen and oxygen atoms in total. The first-order valence-electron chi connectivity index (χ1n) is 10.2. The Labute approximate surface area is 163 Å². The molecule has 0 aliphatic heterocycles. The van der Waals surface area contributed by atoms with E-state index in [4.69, 9.17) is 4.52 Å². The largest absolute Gasteiger partial charge is 0.393 e. The molecule has 0 spiro atoms. The van der Waals surface area contributed by atoms with Crippen LogP contribution in [0.25, 0.3) is 0 Å². The van der Waals surface area contributed by atoms with Gasteiger partial charge in [-0.05, 0) is 101 Å². The van der Waals surface area contributed by atoms with Gasteiger partial charge in [0.15, 0.2) is 0 Å². The second-order valence-corrected chi connectivity index (χ2v) is 10.8. The van der Waals surface area contributed by atoms with E-state index in [9.17, 15) is 5.11 Å². The van der Waals surface area contributed by atoms with E-state index in [0.717, 1.165) is 36.7 Å². The molecular weight excluding hydrogens is 430 g/mol. The standard InChI is InChI=1S/C20H36IO2P/c1-4-11-20(13-23-24-21)14(5-2)6-7-15-16-8-9-18(22)19(16,3)12-10-17(15)20/h14-18,22,24H,4-13H2,1-3H3. The lowest BCUT2D eigenvalue weighted by Gasteiger charge is -2.59. The summed E-state index contributed by atoms with van der Waals surface area (Å²) in [5, 5.41) is 10.6. The van der Waals surface area contributed by atoms with E-state index >= 15 is 0 Å². The van der Waals surface area contributed by atoms with Crippen molar-refractivity contribution in [2.45, 2.75) is 84.7 Å². The van der Waals surface area contributed by atoms with E-state index in [1.165, 1.54) is 51.4 Å². The highest BCUT2D eigenvalue weighted by Crippen LogP contribution is 2.65. The fourth-order valence-corrected chi connectivity index (χ4v) is 8.07. The average molecular weight is 466 g/mol. The molecule has 3 rings (SSSR count). The average Bonchev–Trinajstić information content (AvgIpc) is 2.89. The zero-order chi connectivity index (χ0) is 17.4. The summed E-state index contributed by atoms with van der Waals surface area (Å²) in [4.78, 5) is 0. The van der Waals surface area contributed by atoms with Crippen LogP contribution in [0.4, 0.5) is 0 Å². The van der Waals surface area contributed by atoms with Crippen molar-refractivity contribution in [2.24, 2.45) is 34.5 Å². The highest BCUT2D eigenvalue weighted by molar-refractivity contribution is 14.2. The van der Waals surface area contributed by atoms with Crippen molar-refractivity contribution in [3.05, 3.63) is 0 Å². The lowest BCUT2D eigenvalue weighted by Crippen LogP contribution is -2.55. The number of hydrogen-bond donors (Lipinski definition) is 1. The minimum Gasteiger partial charge on any atom is -0.393 e. The third-order valence-corrected chi connectivity index (χ3v) is 9.58. The lowest BCUT2D eigenvalue weighted by molar-refractivity contribution is -0.131. The minimum atomic E-state index is -0.0556. The van der Waals surface area contributed by atoms with Crippen LogP contribution in [0.5, 0.6) is 0 Å². The molecule has 3 aliphatic rings. The van der Waals surface area contributed by atoms with Gasteiger partial charge in [-0.25, -0.2) is 0 Å². The SMILES string of the molecule is CCCC1(COPI)C(CC)CCC2C3CCC(O)C3(C)CCC21. The summed E-state index contributed by atoms with van der Waals surface area (Å²) >= 11 is 2.39. The molecule has 0 heterocycles. The monoisotopic (exact) mass is 466 g/mol. The molecule has 0 radical (unpaired) electrons. The van der Waals surface area contributed by atoms with Gasteiger partial charge in [0.25, 0.3) is 0 Å². The third-order valence-electron chi connectivity index (χ3n) is 8.39. The quantitative estimate of drug-likeness (QED) is 0.365. The van der Waals surface area contributed by atoms with Crippen molar-refractivity contribution < 1.29 is 9.63 Å². The molecule has 0 aromatic carbocycles. The van der Waals surface area contributed by atoms with Gasteiger partial charge in [-0.1, -0.05) is 33.6 Å². The van der Waals surface area contributed by atoms with Gasteiger partial charge in [-0.2, -0.15) is 0 Å². The van der Waals surface area contributed by atoms with Gasteiger partial charge in [-0.3, -0.25) is 0 Å². The molecule has 3 fully saturated rings. The van der Waals surface area contributed by atoms with Crippen molar-refractivity contribution in [3.63, 3.8) is 0 Å². The number of halogens is 1. The zero-order valence-electron chi connectivity index (χ0n) is 15.7. The summed E-state index contributed by atoms with van der Waals surface area (Å²) in [7, 11) is 0. The Bertz CT molecular complexity index is 434. The van der Waals surface area contributed by atoms with Gasteiger partial charge in [0.2, 0.25) is 0 Å². The first-order valence-corrected chi connectivity index (χ1v) is 14.2. The van der Waals surface area contributed by atoms with Gasteiger partial charge >= 0.3 is 0 Å². The van der Waals surface area contributed by atoms with Crippen LogP contribution in [0.2, 0.25) is 0 Å². The minimum absolute atomic E-state index is 0.0556. The highest BCUT2D eigenvalue weighted by atomic mass is 127. The summed E-state index contributed by atoms with van der Waals surface area (Å²) in [6.45, 7) is 8.71. The molecule has 0 aromatic rings. The number of rotatable bonds is 6. The van der Waals surface area contributed by atoms with Crippen molar-refractivity contribution >= 4 is 28.5 Å². The summed E-state index contributed by atoms with van der Waals surface area (Å²) in [6, 6.07) is 0. The van der Waals surface area contributed by atoms with Gasteiger partial charge in [-0.15, -0.1) is 0 Å². The van der Waals surface area contributed by atoms with Crippen LogP contribution in [0.3, 0.4) is 0 Å². The molecule has 140 valence electrons. The van der Waals surface area contributed by atoms with E-state index in [2.05, 4.69) is 42.8 Å². The number of hydrogen-bond acceptors (Lipinski definition) is 2. The fourth-order valence-electron chi connectivity index (χ4n) is 7.28. The zero-order valence-corrected chi connectivity index (χ0v) is 18.8. The van der Waals surface area contributed by atoms with Crippen molar-refractivity contribution in [1.29, 1.82) is 0 Å². The van der Waals surface area contributed by atoms with Gasteiger partial charge < -0.3 is 9.63 Å². The molecule has 3 saturated carbocycles. The van der Waals surface area contributed by atoms with Crippen LogP contribution < -0.4 is 0 Å². The number of aliphatic hydroxyl groups excluding tert-OH is 1. The summed E-state index contributed by atoms with van der Waals surface area (Å²) in [5.41, 5.74) is 0.601. The van der Waals surface area contributed by atoms with Crippen molar-refractivity contribution in [1.82, 2.24) is 0 Å². The first-order chi connectivity index (χ1) is 11.5. The molecule has 0 saturated heterocycles. The Balaban J connectivity index is 1.92. The molecular formula is C20H36IO2P. The molecule has 0 aromatic heterocycles. The maximum Gasteiger partial charge on any atom is 0.0793 e. The summed E-state index contributed by atoms with van der Waals surface area (Å²) in [5.74, 6) is 3.24. The lowest BCUT2D eigenvalue weighted by atomic mass is 9.46. The van der Waals surface area contributed by atoms with E-state index in [1.807, 2.05) is 0 Å². The van der Waals surface area contributed by atoms with Gasteiger partial charge in [0.1, 0.15) is 0 Å². The van der Waals surface area contributed by atoms with Crippen LogP contribution in [-0.4, -0.2) is 17.8 Å². The molecule has 8 unspecified atom stereocenters. The number of aliphatic hydroxyl groups is 1. The van der Waals surface area contributed by atoms with E-state index in [1.54, 1.807) is 0 Å². The van der Waals surface area contributed by atoms with Gasteiger partial charge in [0.05, 0.1) is 19.2 Å². The molecule has 0 bridgehead atoms. The third kappa shape index (κ3) is 3.12. The molecule has 3 aliphatic carbocycles. The predicted octanol–water partition coefficient (Wildman–Crippen LogP) is 6.36. The Morgan fingerprint density at radius 3 is 2.58 bits per heavy atom. The molecule has 24 heavy (non-hydrogen) atoms. The topological polar surface area (TPSA) is 29.5 Å². The highest BCUT2D eigenvalue weighted by Gasteiger charge is 2.60. The van der Waals surface area contributed by atoms with Crippen molar-refractivity contribution in [3.8, 4) is 0 Å². The second kappa shape index (κ2) is 7.98. The molecule has 8 atom stereocenters. The fraction of sp³-hybridized carbons (Fsp3) is 1.00. The number of fused-ring (bicyclic) bond motifs is 3. The molecule has 1 N–H and O–H groups in total. The first kappa shape index (κ1) is 19.8. The van der Waals surface area contributed by atoms with Crippen LogP contribution in [0, 0.1) is 34.5 Å². The van der Waals surface area contributed by atoms with Crippen molar-refractivity contribution in [2.75, 3.05) is 6.61 Å². The predicted molar refractivity (Wildman–Crippen MR) is 112 cm³/mol. The second-order valence-electron chi connectivity index (χ2n) is 9.05. The molecule has 4 heteroatoms. The summed E-state index contributed by atoms with van der Waals surface area (Å²) < 4.78 is 6.13. The Hall–Kier alpha value is 1.08. The van der Waals surface area contributed by atoms with E-state index in [-0.39, 0.29) is 11.5 Å². The van der Waals surface area contributed by atoms with E-state index < -0.39 is 0 Å². The maximum absolute atomic E-state index is 10.6.